The minimum Gasteiger partial charge on any atom is -0.382 e. The van der Waals surface area contributed by atoms with Crippen LogP contribution in [0.2, 0.25) is 0 Å². The Balaban J connectivity index is 1.48. The number of piperidine rings is 1. The number of anilines is 1. The van der Waals surface area contributed by atoms with Crippen LogP contribution in [0.4, 0.5) is 5.82 Å². The van der Waals surface area contributed by atoms with Crippen LogP contribution in [-0.4, -0.2) is 49.3 Å². The lowest BCUT2D eigenvalue weighted by Crippen LogP contribution is -2.40. The number of hydrogen-bond donors (Lipinski definition) is 2. The number of nitrogens with one attached hydrogen (secondary N) is 1. The van der Waals surface area contributed by atoms with Crippen molar-refractivity contribution in [3.05, 3.63) is 41.9 Å². The maximum Gasteiger partial charge on any atom is 0.253 e. The second-order valence-electron chi connectivity index (χ2n) is 6.38. The van der Waals surface area contributed by atoms with Gasteiger partial charge in [0, 0.05) is 31.0 Å². The lowest BCUT2D eigenvalue weighted by molar-refractivity contribution is 0.0673. The van der Waals surface area contributed by atoms with Crippen molar-refractivity contribution in [2.75, 3.05) is 18.8 Å². The molecule has 4 rings (SSSR count). The third kappa shape index (κ3) is 3.15. The van der Waals surface area contributed by atoms with Crippen LogP contribution in [-0.2, 0) is 6.42 Å². The van der Waals surface area contributed by atoms with Crippen molar-refractivity contribution in [3.63, 3.8) is 0 Å². The summed E-state index contributed by atoms with van der Waals surface area (Å²) >= 11 is 0. The van der Waals surface area contributed by atoms with Gasteiger partial charge in [0.05, 0.1) is 5.69 Å². The fourth-order valence-electron chi connectivity index (χ4n) is 3.38. The molecule has 3 aromatic rings. The molecule has 0 radical (unpaired) electrons. The van der Waals surface area contributed by atoms with Gasteiger partial charge in [0.15, 0.2) is 0 Å². The molecule has 8 nitrogen and oxygen atoms in total. The van der Waals surface area contributed by atoms with Gasteiger partial charge in [-0.3, -0.25) is 9.78 Å². The van der Waals surface area contributed by atoms with Crippen molar-refractivity contribution >= 4 is 22.8 Å². The van der Waals surface area contributed by atoms with Crippen LogP contribution < -0.4 is 5.73 Å². The molecule has 1 aliphatic heterocycles. The molecule has 0 spiro atoms. The van der Waals surface area contributed by atoms with E-state index in [1.54, 1.807) is 24.5 Å². The van der Waals surface area contributed by atoms with Crippen LogP contribution in [0.15, 0.2) is 30.6 Å². The Labute approximate surface area is 144 Å². The van der Waals surface area contributed by atoms with Gasteiger partial charge in [0.1, 0.15) is 16.9 Å². The Morgan fingerprint density at radius 2 is 2.08 bits per heavy atom. The molecule has 1 aromatic carbocycles. The summed E-state index contributed by atoms with van der Waals surface area (Å²) in [5, 5.41) is 10.6. The van der Waals surface area contributed by atoms with Crippen LogP contribution in [0.1, 0.15) is 28.9 Å². The fourth-order valence-corrected chi connectivity index (χ4v) is 3.38. The Kier molecular flexibility index (Phi) is 4.01. The van der Waals surface area contributed by atoms with Gasteiger partial charge in [-0.1, -0.05) is 0 Å². The standard InChI is InChI=1S/C17H19N7O/c18-16-15(19-5-6-20-16)8-11-2-1-7-24(10-11)17(25)12-3-4-13-14(9-12)22-23-21-13/h3-6,9,11H,1-2,7-8,10H2,(H2,18,20)(H,21,22,23). The minimum atomic E-state index is 0.0294. The highest BCUT2D eigenvalue weighted by molar-refractivity contribution is 5.97. The summed E-state index contributed by atoms with van der Waals surface area (Å²) < 4.78 is 0. The summed E-state index contributed by atoms with van der Waals surface area (Å²) in [5.41, 5.74) is 8.80. The number of benzene rings is 1. The normalized spacial score (nSPS) is 17.8. The molecule has 3 heterocycles. The van der Waals surface area contributed by atoms with Crippen LogP contribution in [0.25, 0.3) is 11.0 Å². The molecule has 25 heavy (non-hydrogen) atoms. The summed E-state index contributed by atoms with van der Waals surface area (Å²) in [7, 11) is 0. The number of nitrogens with two attached hydrogens (primary N) is 1. The zero-order valence-corrected chi connectivity index (χ0v) is 13.7. The fraction of sp³-hybridized carbons (Fsp3) is 0.353. The van der Waals surface area contributed by atoms with Gasteiger partial charge in [0.25, 0.3) is 5.91 Å². The number of carbonyl (C=O) groups is 1. The third-order valence-corrected chi connectivity index (χ3v) is 4.66. The highest BCUT2D eigenvalue weighted by Gasteiger charge is 2.25. The van der Waals surface area contributed by atoms with Gasteiger partial charge < -0.3 is 10.6 Å². The number of nitrogens with zero attached hydrogens (tertiary/aromatic N) is 5. The number of nitrogen functional groups attached to an aromatic ring is 1. The molecular weight excluding hydrogens is 318 g/mol. The molecule has 0 saturated carbocycles. The van der Waals surface area contributed by atoms with E-state index < -0.39 is 0 Å². The van der Waals surface area contributed by atoms with E-state index in [0.717, 1.165) is 37.0 Å². The molecule has 1 amide bonds. The SMILES string of the molecule is Nc1nccnc1CC1CCCN(C(=O)c2ccc3n[nH]nc3c2)C1. The zero-order chi connectivity index (χ0) is 17.2. The molecule has 1 saturated heterocycles. The second-order valence-corrected chi connectivity index (χ2v) is 6.38. The average Bonchev–Trinajstić information content (AvgIpc) is 3.11. The van der Waals surface area contributed by atoms with Crippen LogP contribution >= 0.6 is 0 Å². The number of likely N-dealkylation sites (tertiary alicyclic amines) is 1. The predicted octanol–water partition coefficient (Wildman–Crippen LogP) is 1.42. The molecule has 128 valence electrons. The topological polar surface area (TPSA) is 114 Å². The first-order chi connectivity index (χ1) is 12.2. The van der Waals surface area contributed by atoms with Crippen LogP contribution in [0, 0.1) is 5.92 Å². The van der Waals surface area contributed by atoms with E-state index in [1.807, 2.05) is 11.0 Å². The van der Waals surface area contributed by atoms with Crippen LogP contribution in [0.3, 0.4) is 0 Å². The number of rotatable bonds is 3. The zero-order valence-electron chi connectivity index (χ0n) is 13.7. The lowest BCUT2D eigenvalue weighted by Gasteiger charge is -2.32. The Morgan fingerprint density at radius 1 is 1.24 bits per heavy atom. The van der Waals surface area contributed by atoms with Crippen LogP contribution in [0.5, 0.6) is 0 Å². The van der Waals surface area contributed by atoms with Gasteiger partial charge in [-0.15, -0.1) is 0 Å². The summed E-state index contributed by atoms with van der Waals surface area (Å²) in [6, 6.07) is 5.40. The third-order valence-electron chi connectivity index (χ3n) is 4.66. The van der Waals surface area contributed by atoms with E-state index in [1.165, 1.54) is 0 Å². The molecule has 1 fully saturated rings. The molecule has 0 aliphatic carbocycles. The van der Waals surface area contributed by atoms with Gasteiger partial charge >= 0.3 is 0 Å². The van der Waals surface area contributed by atoms with Crippen molar-refractivity contribution < 1.29 is 4.79 Å². The summed E-state index contributed by atoms with van der Waals surface area (Å²) in [6.45, 7) is 1.47. The van der Waals surface area contributed by atoms with Crippen molar-refractivity contribution in [1.82, 2.24) is 30.3 Å². The van der Waals surface area contributed by atoms with Crippen molar-refractivity contribution in [2.24, 2.45) is 5.92 Å². The van der Waals surface area contributed by atoms with Crippen molar-refractivity contribution in [1.29, 1.82) is 0 Å². The minimum absolute atomic E-state index is 0.0294. The summed E-state index contributed by atoms with van der Waals surface area (Å²) in [6.07, 6.45) is 6.02. The number of amides is 1. The van der Waals surface area contributed by atoms with E-state index >= 15 is 0 Å². The Morgan fingerprint density at radius 3 is 2.96 bits per heavy atom. The highest BCUT2D eigenvalue weighted by atomic mass is 16.2. The second kappa shape index (κ2) is 6.46. The van der Waals surface area contributed by atoms with E-state index in [4.69, 9.17) is 5.73 Å². The molecule has 0 bridgehead atoms. The molecule has 2 aromatic heterocycles. The first-order valence-electron chi connectivity index (χ1n) is 8.36. The van der Waals surface area contributed by atoms with Gasteiger partial charge in [0.2, 0.25) is 0 Å². The van der Waals surface area contributed by atoms with Gasteiger partial charge in [-0.05, 0) is 43.4 Å². The number of aromatic nitrogens is 5. The van der Waals surface area contributed by atoms with E-state index in [0.29, 0.717) is 29.4 Å². The largest absolute Gasteiger partial charge is 0.382 e. The first-order valence-corrected chi connectivity index (χ1v) is 8.36. The maximum atomic E-state index is 12.8. The summed E-state index contributed by atoms with van der Waals surface area (Å²) in [5.74, 6) is 0.844. The molecule has 1 aliphatic rings. The van der Waals surface area contributed by atoms with E-state index in [2.05, 4.69) is 25.4 Å². The molecule has 8 heteroatoms. The van der Waals surface area contributed by atoms with Crippen molar-refractivity contribution in [3.8, 4) is 0 Å². The smallest absolute Gasteiger partial charge is 0.253 e. The number of carbonyl (C=O) groups excluding carboxylic acids is 1. The maximum absolute atomic E-state index is 12.8. The first kappa shape index (κ1) is 15.5. The highest BCUT2D eigenvalue weighted by Crippen LogP contribution is 2.23. The number of hydrogen-bond acceptors (Lipinski definition) is 6. The number of H-pyrrole nitrogens is 1. The van der Waals surface area contributed by atoms with Gasteiger partial charge in [-0.25, -0.2) is 4.98 Å². The van der Waals surface area contributed by atoms with Gasteiger partial charge in [-0.2, -0.15) is 15.4 Å². The van der Waals surface area contributed by atoms with Crippen molar-refractivity contribution in [2.45, 2.75) is 19.3 Å². The molecular formula is C17H19N7O. The predicted molar refractivity (Wildman–Crippen MR) is 92.7 cm³/mol. The monoisotopic (exact) mass is 337 g/mol. The number of fused-ring (bicyclic) bond motifs is 1. The van der Waals surface area contributed by atoms with E-state index in [-0.39, 0.29) is 5.91 Å². The quantitative estimate of drug-likeness (QED) is 0.747. The summed E-state index contributed by atoms with van der Waals surface area (Å²) in [4.78, 5) is 23.2. The average molecular weight is 337 g/mol. The molecule has 1 unspecified atom stereocenters. The lowest BCUT2D eigenvalue weighted by atomic mass is 9.92. The Hall–Kier alpha value is -3.03. The number of aromatic amines is 1. The Bertz CT molecular complexity index is 907. The molecule has 1 atom stereocenters. The van der Waals surface area contributed by atoms with E-state index in [9.17, 15) is 4.79 Å². The molecule has 3 N–H and O–H groups in total.